The predicted molar refractivity (Wildman–Crippen MR) is 65.6 cm³/mol. The van der Waals surface area contributed by atoms with Gasteiger partial charge in [-0.15, -0.1) is 0 Å². The molecule has 0 radical (unpaired) electrons. The Kier molecular flexibility index (Phi) is 3.12. The van der Waals surface area contributed by atoms with Crippen molar-refractivity contribution in [3.8, 4) is 0 Å². The first-order valence-electron chi connectivity index (χ1n) is 5.64. The molecule has 6 heteroatoms. The van der Waals surface area contributed by atoms with Crippen molar-refractivity contribution in [1.29, 1.82) is 0 Å². The molecular formula is C11H17N5O. The van der Waals surface area contributed by atoms with Crippen LogP contribution in [0.15, 0.2) is 6.07 Å². The molecule has 92 valence electrons. The summed E-state index contributed by atoms with van der Waals surface area (Å²) in [4.78, 5) is 21.5. The van der Waals surface area contributed by atoms with Gasteiger partial charge in [-0.25, -0.2) is 9.97 Å². The zero-order chi connectivity index (χ0) is 12.4. The molecule has 6 nitrogen and oxygen atoms in total. The number of aromatic nitrogens is 2. The van der Waals surface area contributed by atoms with Crippen LogP contribution >= 0.6 is 0 Å². The van der Waals surface area contributed by atoms with E-state index >= 15 is 0 Å². The molecule has 0 aliphatic heterocycles. The molecule has 3 N–H and O–H groups in total. The highest BCUT2D eigenvalue weighted by Crippen LogP contribution is 2.38. The van der Waals surface area contributed by atoms with Crippen molar-refractivity contribution in [2.75, 3.05) is 31.7 Å². The smallest absolute Gasteiger partial charge is 0.241 e. The summed E-state index contributed by atoms with van der Waals surface area (Å²) in [5, 5.41) is 2.97. The molecule has 0 aromatic carbocycles. The highest BCUT2D eigenvalue weighted by Gasteiger charge is 2.27. The number of carbonyl (C=O) groups excluding carboxylic acids is 1. The minimum atomic E-state index is -0.00449. The fraction of sp³-hybridized carbons (Fsp3) is 0.545. The number of rotatable bonds is 4. The molecule has 0 atom stereocenters. The Labute approximate surface area is 100 Å². The van der Waals surface area contributed by atoms with Gasteiger partial charge in [-0.2, -0.15) is 0 Å². The molecule has 1 aliphatic rings. The van der Waals surface area contributed by atoms with E-state index in [0.29, 0.717) is 17.6 Å². The quantitative estimate of drug-likeness (QED) is 0.791. The van der Waals surface area contributed by atoms with Crippen molar-refractivity contribution in [3.05, 3.63) is 11.9 Å². The minimum absolute atomic E-state index is 0.00449. The number of hydrogen-bond acceptors (Lipinski definition) is 5. The molecular weight excluding hydrogens is 218 g/mol. The molecule has 0 saturated heterocycles. The first-order valence-corrected chi connectivity index (χ1v) is 5.64. The second-order valence-corrected chi connectivity index (χ2v) is 4.45. The fourth-order valence-electron chi connectivity index (χ4n) is 1.42. The highest BCUT2D eigenvalue weighted by molar-refractivity contribution is 5.80. The van der Waals surface area contributed by atoms with Crippen LogP contribution in [0.3, 0.4) is 0 Å². The van der Waals surface area contributed by atoms with Crippen LogP contribution in [0.4, 0.5) is 11.6 Å². The van der Waals surface area contributed by atoms with E-state index in [4.69, 9.17) is 5.73 Å². The van der Waals surface area contributed by atoms with Gasteiger partial charge in [-0.05, 0) is 12.8 Å². The molecule has 1 amide bonds. The average molecular weight is 235 g/mol. The summed E-state index contributed by atoms with van der Waals surface area (Å²) >= 11 is 0. The average Bonchev–Trinajstić information content (AvgIpc) is 3.08. The van der Waals surface area contributed by atoms with E-state index in [0.717, 1.165) is 18.7 Å². The van der Waals surface area contributed by atoms with Gasteiger partial charge in [0.05, 0.1) is 6.54 Å². The van der Waals surface area contributed by atoms with Crippen LogP contribution in [0.25, 0.3) is 0 Å². The van der Waals surface area contributed by atoms with Crippen LogP contribution in [0.2, 0.25) is 0 Å². The number of likely N-dealkylation sites (N-methyl/N-ethyl adjacent to an activating group) is 1. The van der Waals surface area contributed by atoms with E-state index in [-0.39, 0.29) is 12.5 Å². The zero-order valence-electron chi connectivity index (χ0n) is 10.1. The van der Waals surface area contributed by atoms with E-state index < -0.39 is 0 Å². The summed E-state index contributed by atoms with van der Waals surface area (Å²) in [6.45, 7) is 0.216. The van der Waals surface area contributed by atoms with Crippen molar-refractivity contribution >= 4 is 17.5 Å². The Bertz CT molecular complexity index is 428. The largest absolute Gasteiger partial charge is 0.384 e. The standard InChI is InChI=1S/C11H17N5O/c1-16(2)10(17)6-13-9-5-8(12)14-11(15-9)7-3-4-7/h5,7H,3-4,6H2,1-2H3,(H3,12,13,14,15). The molecule has 1 saturated carbocycles. The molecule has 0 spiro atoms. The number of amides is 1. The zero-order valence-corrected chi connectivity index (χ0v) is 10.1. The van der Waals surface area contributed by atoms with E-state index in [1.54, 1.807) is 20.2 Å². The maximum absolute atomic E-state index is 11.4. The third-order valence-corrected chi connectivity index (χ3v) is 2.63. The van der Waals surface area contributed by atoms with Crippen molar-refractivity contribution in [3.63, 3.8) is 0 Å². The van der Waals surface area contributed by atoms with E-state index in [2.05, 4.69) is 15.3 Å². The molecule has 1 aromatic heterocycles. The maximum atomic E-state index is 11.4. The minimum Gasteiger partial charge on any atom is -0.384 e. The van der Waals surface area contributed by atoms with Gasteiger partial charge in [0.1, 0.15) is 17.5 Å². The molecule has 0 bridgehead atoms. The summed E-state index contributed by atoms with van der Waals surface area (Å²) in [6, 6.07) is 1.65. The second-order valence-electron chi connectivity index (χ2n) is 4.45. The van der Waals surface area contributed by atoms with Gasteiger partial charge in [-0.1, -0.05) is 0 Å². The number of carbonyl (C=O) groups is 1. The Morgan fingerprint density at radius 2 is 2.24 bits per heavy atom. The molecule has 2 rings (SSSR count). The first-order chi connectivity index (χ1) is 8.06. The molecule has 1 heterocycles. The maximum Gasteiger partial charge on any atom is 0.241 e. The third kappa shape index (κ3) is 3.05. The lowest BCUT2D eigenvalue weighted by Crippen LogP contribution is -2.28. The molecule has 1 aromatic rings. The van der Waals surface area contributed by atoms with Gasteiger partial charge in [0, 0.05) is 26.1 Å². The molecule has 1 aliphatic carbocycles. The van der Waals surface area contributed by atoms with Gasteiger partial charge in [0.2, 0.25) is 5.91 Å². The van der Waals surface area contributed by atoms with Gasteiger partial charge in [0.15, 0.2) is 0 Å². The monoisotopic (exact) mass is 235 g/mol. The Hall–Kier alpha value is -1.85. The van der Waals surface area contributed by atoms with Crippen LogP contribution in [-0.2, 0) is 4.79 Å². The number of anilines is 2. The van der Waals surface area contributed by atoms with Crippen molar-refractivity contribution in [2.24, 2.45) is 0 Å². The summed E-state index contributed by atoms with van der Waals surface area (Å²) in [5.74, 6) is 2.29. The topological polar surface area (TPSA) is 84.1 Å². The Balaban J connectivity index is 2.02. The van der Waals surface area contributed by atoms with Crippen LogP contribution < -0.4 is 11.1 Å². The number of nitrogens with zero attached hydrogens (tertiary/aromatic N) is 3. The van der Waals surface area contributed by atoms with Gasteiger partial charge in [-0.3, -0.25) is 4.79 Å². The van der Waals surface area contributed by atoms with Gasteiger partial charge in [0.25, 0.3) is 0 Å². The summed E-state index contributed by atoms with van der Waals surface area (Å²) in [7, 11) is 3.43. The number of nitrogens with two attached hydrogens (primary N) is 1. The predicted octanol–water partition coefficient (Wildman–Crippen LogP) is 0.436. The summed E-state index contributed by atoms with van der Waals surface area (Å²) in [6.07, 6.45) is 2.25. The van der Waals surface area contributed by atoms with Crippen LogP contribution in [0.5, 0.6) is 0 Å². The lowest BCUT2D eigenvalue weighted by Gasteiger charge is -2.12. The van der Waals surface area contributed by atoms with Gasteiger partial charge >= 0.3 is 0 Å². The highest BCUT2D eigenvalue weighted by atomic mass is 16.2. The molecule has 0 unspecified atom stereocenters. The normalized spacial score (nSPS) is 14.5. The number of nitrogen functional groups attached to an aromatic ring is 1. The molecule has 17 heavy (non-hydrogen) atoms. The van der Waals surface area contributed by atoms with E-state index in [9.17, 15) is 4.79 Å². The number of hydrogen-bond donors (Lipinski definition) is 2. The van der Waals surface area contributed by atoms with Crippen LogP contribution in [0, 0.1) is 0 Å². The van der Waals surface area contributed by atoms with E-state index in [1.807, 2.05) is 0 Å². The van der Waals surface area contributed by atoms with Crippen molar-refractivity contribution in [1.82, 2.24) is 14.9 Å². The summed E-state index contributed by atoms with van der Waals surface area (Å²) < 4.78 is 0. The molecule has 1 fully saturated rings. The van der Waals surface area contributed by atoms with Crippen molar-refractivity contribution in [2.45, 2.75) is 18.8 Å². The third-order valence-electron chi connectivity index (χ3n) is 2.63. The fourth-order valence-corrected chi connectivity index (χ4v) is 1.42. The number of nitrogens with one attached hydrogen (secondary N) is 1. The van der Waals surface area contributed by atoms with Gasteiger partial charge < -0.3 is 16.0 Å². The SMILES string of the molecule is CN(C)C(=O)CNc1cc(N)nc(C2CC2)n1. The second kappa shape index (κ2) is 4.57. The van der Waals surface area contributed by atoms with Crippen molar-refractivity contribution < 1.29 is 4.79 Å². The first kappa shape index (κ1) is 11.6. The lowest BCUT2D eigenvalue weighted by atomic mass is 10.3. The van der Waals surface area contributed by atoms with Crippen LogP contribution in [0.1, 0.15) is 24.6 Å². The lowest BCUT2D eigenvalue weighted by molar-refractivity contribution is -0.126. The Morgan fingerprint density at radius 1 is 1.53 bits per heavy atom. The van der Waals surface area contributed by atoms with E-state index in [1.165, 1.54) is 4.90 Å². The van der Waals surface area contributed by atoms with Crippen LogP contribution in [-0.4, -0.2) is 41.4 Å². The Morgan fingerprint density at radius 3 is 2.82 bits per heavy atom. The summed E-state index contributed by atoms with van der Waals surface area (Å²) in [5.41, 5.74) is 5.70.